The van der Waals surface area contributed by atoms with Crippen LogP contribution >= 0.6 is 0 Å². The second-order valence-electron chi connectivity index (χ2n) is 8.40. The minimum Gasteiger partial charge on any atom is -0.408 e. The third-order valence-corrected chi connectivity index (χ3v) is 7.45. The van der Waals surface area contributed by atoms with E-state index in [9.17, 15) is 17.6 Å². The molecule has 3 heterocycles. The number of pyridine rings is 1. The van der Waals surface area contributed by atoms with Gasteiger partial charge in [0.05, 0.1) is 11.6 Å². The maximum absolute atomic E-state index is 15.1. The molecule has 5 rings (SSSR count). The van der Waals surface area contributed by atoms with Crippen molar-refractivity contribution in [3.8, 4) is 0 Å². The summed E-state index contributed by atoms with van der Waals surface area (Å²) in [5, 5.41) is 3.33. The van der Waals surface area contributed by atoms with Gasteiger partial charge in [-0.05, 0) is 48.7 Å². The molecule has 0 radical (unpaired) electrons. The molecule has 0 spiro atoms. The van der Waals surface area contributed by atoms with Crippen LogP contribution in [0, 0.1) is 11.8 Å². The average molecular weight is 513 g/mol. The molecule has 0 fully saturated rings. The van der Waals surface area contributed by atoms with Gasteiger partial charge in [-0.2, -0.15) is 4.39 Å². The molecule has 1 unspecified atom stereocenters. The molecule has 0 amide bonds. The van der Waals surface area contributed by atoms with E-state index in [0.717, 1.165) is 47.9 Å². The lowest BCUT2D eigenvalue weighted by atomic mass is 9.93. The Morgan fingerprint density at radius 2 is 1.94 bits per heavy atom. The molecule has 2 aromatic heterocycles. The summed E-state index contributed by atoms with van der Waals surface area (Å²) in [6, 6.07) is 12.5. The van der Waals surface area contributed by atoms with E-state index in [1.807, 2.05) is 29.0 Å². The fourth-order valence-corrected chi connectivity index (χ4v) is 5.48. The predicted octanol–water partition coefficient (Wildman–Crippen LogP) is 4.05. The fourth-order valence-electron chi connectivity index (χ4n) is 4.41. The first-order valence-corrected chi connectivity index (χ1v) is 12.7. The second-order valence-corrected chi connectivity index (χ2v) is 10.0. The van der Waals surface area contributed by atoms with Gasteiger partial charge in [-0.15, -0.1) is 0 Å². The Labute approximate surface area is 205 Å². The summed E-state index contributed by atoms with van der Waals surface area (Å²) in [5.74, 6) is -3.06. The topological polar surface area (TPSA) is 106 Å². The lowest BCUT2D eigenvalue weighted by Gasteiger charge is -2.21. The lowest BCUT2D eigenvalue weighted by molar-refractivity contribution is 0.489. The van der Waals surface area contributed by atoms with Gasteiger partial charge in [-0.1, -0.05) is 36.4 Å². The molecular formula is C25H22F2N4O4S. The number of oxazole rings is 1. The van der Waals surface area contributed by atoms with Gasteiger partial charge in [-0.3, -0.25) is 9.29 Å². The maximum Gasteiger partial charge on any atom is 0.420 e. The summed E-state index contributed by atoms with van der Waals surface area (Å²) in [6.45, 7) is 3.38. The zero-order chi connectivity index (χ0) is 25.4. The van der Waals surface area contributed by atoms with Crippen molar-refractivity contribution in [2.45, 2.75) is 24.3 Å². The van der Waals surface area contributed by atoms with Gasteiger partial charge in [0.1, 0.15) is 16.5 Å². The molecular weight excluding hydrogens is 490 g/mol. The van der Waals surface area contributed by atoms with Crippen LogP contribution in [0.3, 0.4) is 0 Å². The van der Waals surface area contributed by atoms with Crippen LogP contribution in [0.5, 0.6) is 0 Å². The summed E-state index contributed by atoms with van der Waals surface area (Å²) in [6.07, 6.45) is 3.03. The molecule has 0 bridgehead atoms. The van der Waals surface area contributed by atoms with E-state index in [0.29, 0.717) is 6.54 Å². The zero-order valence-corrected chi connectivity index (χ0v) is 20.0. The molecule has 0 saturated carbocycles. The molecule has 36 heavy (non-hydrogen) atoms. The maximum atomic E-state index is 15.1. The minimum absolute atomic E-state index is 0.100. The van der Waals surface area contributed by atoms with Gasteiger partial charge >= 0.3 is 5.76 Å². The van der Waals surface area contributed by atoms with Gasteiger partial charge in [0.15, 0.2) is 5.58 Å². The van der Waals surface area contributed by atoms with E-state index in [4.69, 9.17) is 4.42 Å². The highest BCUT2D eigenvalue weighted by atomic mass is 32.2. The highest BCUT2D eigenvalue weighted by Gasteiger charge is 2.26. The number of fused-ring (bicyclic) bond motifs is 1. The number of sulfonamides is 1. The van der Waals surface area contributed by atoms with Crippen molar-refractivity contribution in [2.24, 2.45) is 0 Å². The second kappa shape index (κ2) is 9.32. The molecule has 11 heteroatoms. The first kappa shape index (κ1) is 23.9. The van der Waals surface area contributed by atoms with Crippen LogP contribution in [0.15, 0.2) is 74.8 Å². The number of hydrogen-bond acceptors (Lipinski definition) is 6. The van der Waals surface area contributed by atoms with Crippen molar-refractivity contribution in [3.05, 3.63) is 94.1 Å². The highest BCUT2D eigenvalue weighted by Crippen LogP contribution is 2.31. The molecule has 0 saturated heterocycles. The third-order valence-electron chi connectivity index (χ3n) is 6.08. The number of anilines is 1. The van der Waals surface area contributed by atoms with Crippen LogP contribution in [0.25, 0.3) is 16.7 Å². The zero-order valence-electron chi connectivity index (χ0n) is 19.2. The summed E-state index contributed by atoms with van der Waals surface area (Å²) in [7, 11) is -4.49. The van der Waals surface area contributed by atoms with Crippen molar-refractivity contribution < 1.29 is 21.6 Å². The monoisotopic (exact) mass is 512 g/mol. The number of halogens is 2. The van der Waals surface area contributed by atoms with Crippen LogP contribution in [-0.2, 0) is 10.0 Å². The third kappa shape index (κ3) is 4.42. The Morgan fingerprint density at radius 3 is 2.69 bits per heavy atom. The SMILES string of the molecule is CC(c1ccccc1C1=CCCNC1)n1c(=O)oc2cc(S(=O)(=O)Nc3cccc(F)n3)c(F)cc21. The quantitative estimate of drug-likeness (QED) is 0.378. The van der Waals surface area contributed by atoms with E-state index < -0.39 is 38.5 Å². The standard InChI is InChI=1S/C25H22F2N4O4S/c1-15(17-7-2-3-8-18(17)16-6-5-11-28-14-16)31-20-12-19(26)22(13-21(20)35-25(31)32)36(33,34)30-24-10-4-9-23(27)29-24/h2-4,6-10,12-13,15,28H,5,11,14H2,1H3,(H,29,30). The summed E-state index contributed by atoms with van der Waals surface area (Å²) in [5.41, 5.74) is 2.91. The van der Waals surface area contributed by atoms with Crippen LogP contribution in [-0.4, -0.2) is 31.1 Å². The molecule has 186 valence electrons. The van der Waals surface area contributed by atoms with Crippen molar-refractivity contribution in [2.75, 3.05) is 17.8 Å². The normalized spacial score (nSPS) is 15.0. The number of nitrogens with one attached hydrogen (secondary N) is 2. The number of benzene rings is 2. The van der Waals surface area contributed by atoms with Crippen molar-refractivity contribution in [1.29, 1.82) is 0 Å². The van der Waals surface area contributed by atoms with E-state index in [2.05, 4.69) is 16.4 Å². The number of rotatable bonds is 6. The largest absolute Gasteiger partial charge is 0.420 e. The van der Waals surface area contributed by atoms with Crippen LogP contribution < -0.4 is 15.8 Å². The number of aromatic nitrogens is 2. The van der Waals surface area contributed by atoms with Gasteiger partial charge in [0, 0.05) is 18.7 Å². The number of hydrogen-bond donors (Lipinski definition) is 2. The van der Waals surface area contributed by atoms with E-state index >= 15 is 4.39 Å². The van der Waals surface area contributed by atoms with E-state index in [-0.39, 0.29) is 16.9 Å². The predicted molar refractivity (Wildman–Crippen MR) is 131 cm³/mol. The highest BCUT2D eigenvalue weighted by molar-refractivity contribution is 7.92. The Balaban J connectivity index is 1.57. The van der Waals surface area contributed by atoms with E-state index in [1.54, 1.807) is 6.92 Å². The molecule has 1 atom stereocenters. The molecule has 2 N–H and O–H groups in total. The molecule has 1 aliphatic heterocycles. The smallest absolute Gasteiger partial charge is 0.408 e. The first-order valence-electron chi connectivity index (χ1n) is 11.2. The molecule has 0 aliphatic carbocycles. The van der Waals surface area contributed by atoms with Crippen LogP contribution in [0.4, 0.5) is 14.6 Å². The van der Waals surface area contributed by atoms with Gasteiger partial charge < -0.3 is 9.73 Å². The Bertz CT molecular complexity index is 1660. The minimum atomic E-state index is -4.49. The summed E-state index contributed by atoms with van der Waals surface area (Å²) in [4.78, 5) is 15.5. The molecule has 8 nitrogen and oxygen atoms in total. The van der Waals surface area contributed by atoms with Crippen LogP contribution in [0.2, 0.25) is 0 Å². The Hall–Kier alpha value is -3.83. The lowest BCUT2D eigenvalue weighted by Crippen LogP contribution is -2.24. The Kier molecular flexibility index (Phi) is 6.19. The van der Waals surface area contributed by atoms with Crippen molar-refractivity contribution >= 4 is 32.5 Å². The van der Waals surface area contributed by atoms with Gasteiger partial charge in [0.2, 0.25) is 5.95 Å². The van der Waals surface area contributed by atoms with Crippen molar-refractivity contribution in [1.82, 2.24) is 14.9 Å². The van der Waals surface area contributed by atoms with Crippen LogP contribution in [0.1, 0.15) is 30.5 Å². The molecule has 1 aliphatic rings. The Morgan fingerprint density at radius 1 is 1.14 bits per heavy atom. The molecule has 2 aromatic carbocycles. The van der Waals surface area contributed by atoms with E-state index in [1.165, 1.54) is 16.7 Å². The summed E-state index contributed by atoms with van der Waals surface area (Å²) >= 11 is 0. The fraction of sp³-hybridized carbons (Fsp3) is 0.200. The summed E-state index contributed by atoms with van der Waals surface area (Å²) < 4.78 is 62.7. The average Bonchev–Trinajstić information content (AvgIpc) is 3.18. The van der Waals surface area contributed by atoms with Crippen molar-refractivity contribution in [3.63, 3.8) is 0 Å². The van der Waals surface area contributed by atoms with Gasteiger partial charge in [-0.25, -0.2) is 22.6 Å². The number of nitrogens with zero attached hydrogens (tertiary/aromatic N) is 2. The molecule has 4 aromatic rings. The first-order chi connectivity index (χ1) is 17.2. The van der Waals surface area contributed by atoms with Gasteiger partial charge in [0.25, 0.3) is 10.0 Å².